The average molecular weight is 269 g/mol. The molecule has 0 heterocycles. The van der Waals surface area contributed by atoms with Crippen LogP contribution in [-0.2, 0) is 4.79 Å². The molecule has 0 aliphatic carbocycles. The lowest BCUT2D eigenvalue weighted by atomic mass is 10.0. The van der Waals surface area contributed by atoms with Crippen LogP contribution in [0.5, 0.6) is 5.75 Å². The fourth-order valence-corrected chi connectivity index (χ4v) is 1.59. The van der Waals surface area contributed by atoms with Crippen molar-refractivity contribution in [2.45, 2.75) is 32.7 Å². The Morgan fingerprint density at radius 2 is 2.21 bits per heavy atom. The normalized spacial score (nSPS) is 13.9. The number of halogens is 1. The molecule has 0 saturated carbocycles. The van der Waals surface area contributed by atoms with Gasteiger partial charge in [-0.1, -0.05) is 6.92 Å². The van der Waals surface area contributed by atoms with Gasteiger partial charge in [-0.05, 0) is 50.6 Å². The molecule has 106 valence electrons. The van der Waals surface area contributed by atoms with Gasteiger partial charge in [0.2, 0.25) is 0 Å². The first-order valence-electron chi connectivity index (χ1n) is 6.26. The van der Waals surface area contributed by atoms with Crippen LogP contribution in [0.15, 0.2) is 18.2 Å². The third-order valence-electron chi connectivity index (χ3n) is 2.89. The van der Waals surface area contributed by atoms with Gasteiger partial charge in [0.05, 0.1) is 0 Å². The molecule has 0 saturated heterocycles. The van der Waals surface area contributed by atoms with E-state index in [2.05, 4.69) is 5.32 Å². The molecule has 0 aliphatic heterocycles. The van der Waals surface area contributed by atoms with Crippen LogP contribution >= 0.6 is 0 Å². The molecule has 1 unspecified atom stereocenters. The first kappa shape index (κ1) is 15.4. The van der Waals surface area contributed by atoms with Crippen LogP contribution in [-0.4, -0.2) is 29.8 Å². The van der Waals surface area contributed by atoms with Gasteiger partial charge in [0.15, 0.2) is 0 Å². The summed E-state index contributed by atoms with van der Waals surface area (Å²) in [5.41, 5.74) is -0.514. The molecule has 19 heavy (non-hydrogen) atoms. The minimum atomic E-state index is -1.16. The average Bonchev–Trinajstić information content (AvgIpc) is 2.35. The van der Waals surface area contributed by atoms with E-state index in [1.54, 1.807) is 13.8 Å². The van der Waals surface area contributed by atoms with Crippen molar-refractivity contribution in [1.29, 1.82) is 0 Å². The number of benzene rings is 1. The van der Waals surface area contributed by atoms with Crippen molar-refractivity contribution in [1.82, 2.24) is 5.32 Å². The van der Waals surface area contributed by atoms with Gasteiger partial charge in [0.25, 0.3) is 0 Å². The maximum Gasteiger partial charge on any atom is 0.327 e. The molecule has 4 nitrogen and oxygen atoms in total. The minimum absolute atomic E-state index is 0.0190. The Kier molecular flexibility index (Phi) is 5.30. The van der Waals surface area contributed by atoms with E-state index in [0.29, 0.717) is 17.9 Å². The number of hydrogen-bond acceptors (Lipinski definition) is 3. The van der Waals surface area contributed by atoms with Crippen LogP contribution in [0.25, 0.3) is 0 Å². The maximum absolute atomic E-state index is 13.0. The zero-order valence-corrected chi connectivity index (χ0v) is 11.5. The van der Waals surface area contributed by atoms with E-state index in [0.717, 1.165) is 6.42 Å². The number of aliphatic carboxylic acids is 1. The van der Waals surface area contributed by atoms with Crippen molar-refractivity contribution in [2.75, 3.05) is 13.2 Å². The van der Waals surface area contributed by atoms with Gasteiger partial charge in [0.1, 0.15) is 23.7 Å². The molecule has 0 radical (unpaired) electrons. The highest BCUT2D eigenvalue weighted by atomic mass is 19.1. The van der Waals surface area contributed by atoms with Crippen LogP contribution in [0.4, 0.5) is 4.39 Å². The largest absolute Gasteiger partial charge is 0.491 e. The van der Waals surface area contributed by atoms with Crippen LogP contribution in [0, 0.1) is 12.7 Å². The Morgan fingerprint density at radius 3 is 2.74 bits per heavy atom. The summed E-state index contributed by atoms with van der Waals surface area (Å²) < 4.78 is 18.5. The van der Waals surface area contributed by atoms with Crippen LogP contribution < -0.4 is 10.1 Å². The number of ether oxygens (including phenoxy) is 1. The molecule has 0 aliphatic rings. The number of carboxylic acid groups (broad SMARTS) is 1. The Bertz CT molecular complexity index is 450. The van der Waals surface area contributed by atoms with Gasteiger partial charge in [-0.2, -0.15) is 0 Å². The lowest BCUT2D eigenvalue weighted by Crippen LogP contribution is -2.54. The summed E-state index contributed by atoms with van der Waals surface area (Å²) in [5, 5.41) is 12.2. The Balaban J connectivity index is 2.73. The second kappa shape index (κ2) is 6.52. The second-order valence-electron chi connectivity index (χ2n) is 4.76. The Morgan fingerprint density at radius 1 is 1.53 bits per heavy atom. The first-order valence-corrected chi connectivity index (χ1v) is 6.26. The molecule has 0 fully saturated rings. The third-order valence-corrected chi connectivity index (χ3v) is 2.89. The summed E-state index contributed by atoms with van der Waals surface area (Å²) in [5.74, 6) is -0.817. The number of aryl methyl sites for hydroxylation is 1. The molecule has 0 aromatic heterocycles. The maximum atomic E-state index is 13.0. The highest BCUT2D eigenvalue weighted by Crippen LogP contribution is 2.20. The number of carbonyl (C=O) groups is 1. The van der Waals surface area contributed by atoms with E-state index in [9.17, 15) is 14.3 Å². The van der Waals surface area contributed by atoms with E-state index in [1.165, 1.54) is 18.2 Å². The molecule has 1 atom stereocenters. The van der Waals surface area contributed by atoms with Gasteiger partial charge in [-0.15, -0.1) is 0 Å². The number of hydrogen-bond donors (Lipinski definition) is 2. The van der Waals surface area contributed by atoms with Crippen molar-refractivity contribution in [2.24, 2.45) is 0 Å². The molecule has 1 aromatic carbocycles. The van der Waals surface area contributed by atoms with Crippen molar-refractivity contribution < 1.29 is 19.0 Å². The monoisotopic (exact) mass is 269 g/mol. The van der Waals surface area contributed by atoms with Crippen molar-refractivity contribution in [3.05, 3.63) is 29.6 Å². The zero-order chi connectivity index (χ0) is 14.5. The van der Waals surface area contributed by atoms with Gasteiger partial charge in [0, 0.05) is 0 Å². The van der Waals surface area contributed by atoms with Gasteiger partial charge in [-0.25, -0.2) is 4.39 Å². The molecule has 0 amide bonds. The summed E-state index contributed by atoms with van der Waals surface area (Å²) in [6.07, 6.45) is 0.832. The van der Waals surface area contributed by atoms with Crippen LogP contribution in [0.2, 0.25) is 0 Å². The topological polar surface area (TPSA) is 58.6 Å². The summed E-state index contributed by atoms with van der Waals surface area (Å²) in [7, 11) is 0. The number of nitrogens with one attached hydrogen (secondary N) is 1. The summed E-state index contributed by atoms with van der Waals surface area (Å²) in [4.78, 5) is 11.3. The van der Waals surface area contributed by atoms with Crippen molar-refractivity contribution in [3.63, 3.8) is 0 Å². The fourth-order valence-electron chi connectivity index (χ4n) is 1.59. The highest BCUT2D eigenvalue weighted by Gasteiger charge is 2.33. The van der Waals surface area contributed by atoms with Gasteiger partial charge >= 0.3 is 5.97 Å². The molecule has 1 aromatic rings. The molecule has 2 N–H and O–H groups in total. The van der Waals surface area contributed by atoms with Gasteiger partial charge in [-0.3, -0.25) is 10.1 Å². The standard InChI is InChI=1S/C14H20FNO3/c1-4-7-16-14(3,13(17)18)9-19-12-6-5-11(15)8-10(12)2/h5-6,8,16H,4,7,9H2,1-3H3,(H,17,18). The lowest BCUT2D eigenvalue weighted by molar-refractivity contribution is -0.145. The number of rotatable bonds is 7. The van der Waals surface area contributed by atoms with E-state index in [1.807, 2.05) is 6.92 Å². The Hall–Kier alpha value is -1.62. The first-order chi connectivity index (χ1) is 8.89. The predicted octanol–water partition coefficient (Wildman–Crippen LogP) is 2.36. The molecule has 0 spiro atoms. The SMILES string of the molecule is CCCNC(C)(COc1ccc(F)cc1C)C(=O)O. The zero-order valence-electron chi connectivity index (χ0n) is 11.5. The smallest absolute Gasteiger partial charge is 0.327 e. The highest BCUT2D eigenvalue weighted by molar-refractivity contribution is 5.78. The summed E-state index contributed by atoms with van der Waals surface area (Å²) in [6.45, 7) is 5.82. The molecular formula is C14H20FNO3. The van der Waals surface area contributed by atoms with E-state index in [4.69, 9.17) is 4.74 Å². The summed E-state index contributed by atoms with van der Waals surface area (Å²) >= 11 is 0. The second-order valence-corrected chi connectivity index (χ2v) is 4.76. The van der Waals surface area contributed by atoms with Crippen LogP contribution in [0.1, 0.15) is 25.8 Å². The quantitative estimate of drug-likeness (QED) is 0.797. The van der Waals surface area contributed by atoms with Crippen molar-refractivity contribution in [3.8, 4) is 5.75 Å². The minimum Gasteiger partial charge on any atom is -0.491 e. The predicted molar refractivity (Wildman–Crippen MR) is 71.0 cm³/mol. The van der Waals surface area contributed by atoms with E-state index >= 15 is 0 Å². The molecule has 0 bridgehead atoms. The Labute approximate surface area is 112 Å². The lowest BCUT2D eigenvalue weighted by Gasteiger charge is -2.26. The molecule has 1 rings (SSSR count). The molecule has 5 heteroatoms. The van der Waals surface area contributed by atoms with E-state index in [-0.39, 0.29) is 12.4 Å². The summed E-state index contributed by atoms with van der Waals surface area (Å²) in [6, 6.07) is 4.15. The van der Waals surface area contributed by atoms with Crippen molar-refractivity contribution >= 4 is 5.97 Å². The third kappa shape index (κ3) is 4.21. The van der Waals surface area contributed by atoms with Crippen LogP contribution in [0.3, 0.4) is 0 Å². The molecular weight excluding hydrogens is 249 g/mol. The van der Waals surface area contributed by atoms with Gasteiger partial charge < -0.3 is 9.84 Å². The fraction of sp³-hybridized carbons (Fsp3) is 0.500. The number of carboxylic acids is 1. The van der Waals surface area contributed by atoms with E-state index < -0.39 is 11.5 Å².